The van der Waals surface area contributed by atoms with Gasteiger partial charge < -0.3 is 20.5 Å². The SMILES string of the molecule is CC(C)OC(=O)CCNC(N)=NCc1ccc(OC(F)(F)F)cc1.I. The number of hydrogen-bond acceptors (Lipinski definition) is 4. The zero-order valence-corrected chi connectivity index (χ0v) is 16.1. The zero-order chi connectivity index (χ0) is 18.2. The van der Waals surface area contributed by atoms with E-state index < -0.39 is 6.36 Å². The minimum absolute atomic E-state index is 0. The van der Waals surface area contributed by atoms with E-state index in [0.717, 1.165) is 0 Å². The van der Waals surface area contributed by atoms with Gasteiger partial charge in [-0.05, 0) is 31.5 Å². The molecule has 1 aromatic carbocycles. The van der Waals surface area contributed by atoms with Crippen LogP contribution in [0.15, 0.2) is 29.3 Å². The van der Waals surface area contributed by atoms with Gasteiger partial charge in [0.2, 0.25) is 0 Å². The summed E-state index contributed by atoms with van der Waals surface area (Å²) in [5.41, 5.74) is 6.30. The number of halogens is 4. The van der Waals surface area contributed by atoms with Gasteiger partial charge in [0.15, 0.2) is 5.96 Å². The van der Waals surface area contributed by atoms with Crippen LogP contribution in [0.1, 0.15) is 25.8 Å². The molecule has 0 saturated carbocycles. The van der Waals surface area contributed by atoms with Crippen LogP contribution in [0.4, 0.5) is 13.2 Å². The van der Waals surface area contributed by atoms with Crippen LogP contribution in [-0.4, -0.2) is 30.9 Å². The molecule has 1 rings (SSSR count). The highest BCUT2D eigenvalue weighted by atomic mass is 127. The fourth-order valence-electron chi connectivity index (χ4n) is 1.64. The van der Waals surface area contributed by atoms with E-state index in [9.17, 15) is 18.0 Å². The van der Waals surface area contributed by atoms with E-state index in [1.807, 2.05) is 0 Å². The highest BCUT2D eigenvalue weighted by Gasteiger charge is 2.30. The quantitative estimate of drug-likeness (QED) is 0.274. The van der Waals surface area contributed by atoms with Gasteiger partial charge >= 0.3 is 12.3 Å². The van der Waals surface area contributed by atoms with Gasteiger partial charge in [-0.25, -0.2) is 4.99 Å². The summed E-state index contributed by atoms with van der Waals surface area (Å²) in [6.07, 6.45) is -4.74. The number of alkyl halides is 3. The van der Waals surface area contributed by atoms with Gasteiger partial charge in [-0.2, -0.15) is 0 Å². The maximum atomic E-state index is 12.0. The second-order valence-electron chi connectivity index (χ2n) is 5.11. The lowest BCUT2D eigenvalue weighted by Crippen LogP contribution is -2.33. The molecule has 0 heterocycles. The average Bonchev–Trinajstić information content (AvgIpc) is 2.44. The lowest BCUT2D eigenvalue weighted by Gasteiger charge is -2.09. The maximum Gasteiger partial charge on any atom is 0.573 e. The van der Waals surface area contributed by atoms with Crippen molar-refractivity contribution in [3.8, 4) is 5.75 Å². The number of esters is 1. The second kappa shape index (κ2) is 11.0. The van der Waals surface area contributed by atoms with Crippen molar-refractivity contribution in [2.75, 3.05) is 6.54 Å². The fraction of sp³-hybridized carbons (Fsp3) is 0.467. The molecule has 10 heteroatoms. The number of rotatable bonds is 7. The summed E-state index contributed by atoms with van der Waals surface area (Å²) >= 11 is 0. The van der Waals surface area contributed by atoms with Gasteiger partial charge in [-0.1, -0.05) is 12.1 Å². The van der Waals surface area contributed by atoms with E-state index in [2.05, 4.69) is 15.0 Å². The minimum atomic E-state index is -4.72. The van der Waals surface area contributed by atoms with Crippen LogP contribution in [0.3, 0.4) is 0 Å². The zero-order valence-electron chi connectivity index (χ0n) is 13.8. The van der Waals surface area contributed by atoms with E-state index in [0.29, 0.717) is 5.56 Å². The summed E-state index contributed by atoms with van der Waals surface area (Å²) in [6, 6.07) is 5.31. The van der Waals surface area contributed by atoms with Crippen molar-refractivity contribution in [3.63, 3.8) is 0 Å². The molecule has 142 valence electrons. The molecule has 0 bridgehead atoms. The molecule has 0 aliphatic rings. The molecule has 0 spiro atoms. The van der Waals surface area contributed by atoms with Crippen LogP contribution in [0.2, 0.25) is 0 Å². The molecule has 0 aromatic heterocycles. The Hall–Kier alpha value is -1.72. The van der Waals surface area contributed by atoms with Crippen LogP contribution in [0, 0.1) is 0 Å². The number of benzene rings is 1. The minimum Gasteiger partial charge on any atom is -0.463 e. The van der Waals surface area contributed by atoms with Gasteiger partial charge in [-0.15, -0.1) is 37.1 Å². The van der Waals surface area contributed by atoms with Crippen molar-refractivity contribution in [1.29, 1.82) is 0 Å². The van der Waals surface area contributed by atoms with Crippen molar-refractivity contribution in [3.05, 3.63) is 29.8 Å². The van der Waals surface area contributed by atoms with E-state index in [1.54, 1.807) is 13.8 Å². The number of ether oxygens (including phenoxy) is 2. The van der Waals surface area contributed by atoms with Gasteiger partial charge in [0, 0.05) is 6.54 Å². The predicted octanol–water partition coefficient (Wildman–Crippen LogP) is 2.95. The number of nitrogens with two attached hydrogens (primary N) is 1. The molecular weight excluding hydrogens is 454 g/mol. The molecule has 0 saturated heterocycles. The number of hydrogen-bond donors (Lipinski definition) is 2. The number of nitrogens with one attached hydrogen (secondary N) is 1. The predicted molar refractivity (Wildman–Crippen MR) is 97.7 cm³/mol. The first-order valence-corrected chi connectivity index (χ1v) is 7.23. The van der Waals surface area contributed by atoms with E-state index in [1.165, 1.54) is 24.3 Å². The molecule has 0 atom stereocenters. The number of carbonyl (C=O) groups excluding carboxylic acids is 1. The smallest absolute Gasteiger partial charge is 0.463 e. The first-order chi connectivity index (χ1) is 11.2. The molecular formula is C15H21F3IN3O3. The Bertz CT molecular complexity index is 563. The molecule has 0 fully saturated rings. The Morgan fingerprint density at radius 2 is 1.88 bits per heavy atom. The van der Waals surface area contributed by atoms with Crippen molar-refractivity contribution in [2.24, 2.45) is 10.7 Å². The van der Waals surface area contributed by atoms with E-state index >= 15 is 0 Å². The summed E-state index contributed by atoms with van der Waals surface area (Å²) in [5.74, 6) is -0.515. The summed E-state index contributed by atoms with van der Waals surface area (Å²) in [4.78, 5) is 15.3. The third kappa shape index (κ3) is 11.5. The van der Waals surface area contributed by atoms with Gasteiger partial charge in [0.25, 0.3) is 0 Å². The Balaban J connectivity index is 0.00000576. The Labute approximate surface area is 161 Å². The monoisotopic (exact) mass is 475 g/mol. The molecule has 3 N–H and O–H groups in total. The van der Waals surface area contributed by atoms with Crippen LogP contribution < -0.4 is 15.8 Å². The van der Waals surface area contributed by atoms with Crippen LogP contribution in [0.5, 0.6) is 5.75 Å². The van der Waals surface area contributed by atoms with Crippen molar-refractivity contribution < 1.29 is 27.4 Å². The lowest BCUT2D eigenvalue weighted by atomic mass is 10.2. The maximum absolute atomic E-state index is 12.0. The highest BCUT2D eigenvalue weighted by molar-refractivity contribution is 14.0. The van der Waals surface area contributed by atoms with Crippen LogP contribution in [-0.2, 0) is 16.1 Å². The number of guanidine groups is 1. The van der Waals surface area contributed by atoms with E-state index in [4.69, 9.17) is 10.5 Å². The topological polar surface area (TPSA) is 85.9 Å². The first-order valence-electron chi connectivity index (χ1n) is 7.23. The molecule has 6 nitrogen and oxygen atoms in total. The number of nitrogens with zero attached hydrogens (tertiary/aromatic N) is 1. The Morgan fingerprint density at radius 1 is 1.28 bits per heavy atom. The largest absolute Gasteiger partial charge is 0.573 e. The summed E-state index contributed by atoms with van der Waals surface area (Å²) in [6.45, 7) is 3.97. The van der Waals surface area contributed by atoms with Crippen molar-refractivity contribution >= 4 is 35.9 Å². The van der Waals surface area contributed by atoms with Gasteiger partial charge in [0.1, 0.15) is 5.75 Å². The van der Waals surface area contributed by atoms with E-state index in [-0.39, 0.29) is 67.3 Å². The third-order valence-corrected chi connectivity index (χ3v) is 2.59. The van der Waals surface area contributed by atoms with Crippen molar-refractivity contribution in [1.82, 2.24) is 5.32 Å². The molecule has 0 aliphatic carbocycles. The lowest BCUT2D eigenvalue weighted by molar-refractivity contribution is -0.274. The number of aliphatic imine (C=N–C) groups is 1. The fourth-order valence-corrected chi connectivity index (χ4v) is 1.64. The Kier molecular flexibility index (Phi) is 10.2. The summed E-state index contributed by atoms with van der Waals surface area (Å²) in [5, 5.41) is 2.75. The normalized spacial score (nSPS) is 11.7. The molecule has 0 amide bonds. The molecule has 0 radical (unpaired) electrons. The standard InChI is InChI=1S/C15H20F3N3O3.HI/c1-10(2)23-13(22)7-8-20-14(19)21-9-11-3-5-12(6-4-11)24-15(16,17)18;/h3-6,10H,7-9H2,1-2H3,(H3,19,20,21);1H. The van der Waals surface area contributed by atoms with Crippen LogP contribution >= 0.6 is 24.0 Å². The highest BCUT2D eigenvalue weighted by Crippen LogP contribution is 2.22. The number of carbonyl (C=O) groups is 1. The molecule has 1 aromatic rings. The molecule has 0 unspecified atom stereocenters. The first kappa shape index (κ1) is 23.3. The molecule has 0 aliphatic heterocycles. The summed E-state index contributed by atoms with van der Waals surface area (Å²) < 4.78 is 44.8. The van der Waals surface area contributed by atoms with Crippen molar-refractivity contribution in [2.45, 2.75) is 39.3 Å². The summed E-state index contributed by atoms with van der Waals surface area (Å²) in [7, 11) is 0. The second-order valence-corrected chi connectivity index (χ2v) is 5.11. The molecule has 25 heavy (non-hydrogen) atoms. The van der Waals surface area contributed by atoms with Crippen LogP contribution in [0.25, 0.3) is 0 Å². The third-order valence-electron chi connectivity index (χ3n) is 2.59. The Morgan fingerprint density at radius 3 is 2.40 bits per heavy atom. The van der Waals surface area contributed by atoms with Gasteiger partial charge in [0.05, 0.1) is 19.1 Å². The average molecular weight is 475 g/mol. The van der Waals surface area contributed by atoms with Gasteiger partial charge in [-0.3, -0.25) is 4.79 Å².